The van der Waals surface area contributed by atoms with E-state index in [1.165, 1.54) is 4.90 Å². The summed E-state index contributed by atoms with van der Waals surface area (Å²) in [5, 5.41) is 4.00. The van der Waals surface area contributed by atoms with Crippen molar-refractivity contribution < 1.29 is 14.4 Å². The number of urea groups is 1. The molecule has 2 aliphatic heterocycles. The highest BCUT2D eigenvalue weighted by molar-refractivity contribution is 6.24. The zero-order valence-electron chi connectivity index (χ0n) is 22.5. The molecule has 0 saturated carbocycles. The number of carbonyl (C=O) groups excluding carboxylic acids is 3. The second-order valence-electron chi connectivity index (χ2n) is 10.6. The summed E-state index contributed by atoms with van der Waals surface area (Å²) in [6.45, 7) is 2.35. The average Bonchev–Trinajstić information content (AvgIpc) is 3.50. The van der Waals surface area contributed by atoms with E-state index in [0.717, 1.165) is 38.9 Å². The predicted octanol–water partition coefficient (Wildman–Crippen LogP) is 5.89. The van der Waals surface area contributed by atoms with Crippen molar-refractivity contribution in [3.63, 3.8) is 0 Å². The molecule has 7 rings (SSSR count). The van der Waals surface area contributed by atoms with Crippen molar-refractivity contribution in [2.75, 3.05) is 4.90 Å². The molecule has 4 amide bonds. The Kier molecular flexibility index (Phi) is 5.93. The van der Waals surface area contributed by atoms with E-state index in [-0.39, 0.29) is 17.4 Å². The van der Waals surface area contributed by atoms with E-state index < -0.39 is 18.1 Å². The van der Waals surface area contributed by atoms with Crippen LogP contribution in [0, 0.1) is 6.92 Å². The average molecular weight is 541 g/mol. The summed E-state index contributed by atoms with van der Waals surface area (Å²) < 4.78 is 0. The Labute approximate surface area is 237 Å². The fraction of sp³-hybridized carbons (Fsp3) is 0.147. The summed E-state index contributed by atoms with van der Waals surface area (Å²) in [7, 11) is 0. The maximum Gasteiger partial charge on any atom is 0.332 e. The van der Waals surface area contributed by atoms with Crippen LogP contribution in [0.3, 0.4) is 0 Å². The third-order valence-corrected chi connectivity index (χ3v) is 8.13. The third kappa shape index (κ3) is 4.09. The number of aromatic amines is 1. The van der Waals surface area contributed by atoms with Crippen LogP contribution in [0.2, 0.25) is 0 Å². The first-order chi connectivity index (χ1) is 20.0. The molecule has 0 bridgehead atoms. The van der Waals surface area contributed by atoms with Crippen LogP contribution in [0.25, 0.3) is 10.9 Å². The molecule has 5 aromatic rings. The van der Waals surface area contributed by atoms with Gasteiger partial charge in [0.25, 0.3) is 11.8 Å². The lowest BCUT2D eigenvalue weighted by atomic mass is 9.89. The van der Waals surface area contributed by atoms with E-state index in [2.05, 4.69) is 16.4 Å². The van der Waals surface area contributed by atoms with Gasteiger partial charge in [-0.1, -0.05) is 90.5 Å². The zero-order valence-corrected chi connectivity index (χ0v) is 22.5. The molecular weight excluding hydrogens is 512 g/mol. The van der Waals surface area contributed by atoms with Gasteiger partial charge in [-0.25, -0.2) is 9.69 Å². The summed E-state index contributed by atoms with van der Waals surface area (Å²) >= 11 is 0. The second-order valence-corrected chi connectivity index (χ2v) is 10.6. The number of nitrogens with zero attached hydrogens (tertiary/aromatic N) is 2. The van der Waals surface area contributed by atoms with Gasteiger partial charge in [0.2, 0.25) is 0 Å². The van der Waals surface area contributed by atoms with Crippen molar-refractivity contribution >= 4 is 34.4 Å². The van der Waals surface area contributed by atoms with Crippen LogP contribution < -0.4 is 10.2 Å². The van der Waals surface area contributed by atoms with Crippen LogP contribution in [-0.4, -0.2) is 33.8 Å². The number of carbonyl (C=O) groups is 3. The molecule has 0 radical (unpaired) electrons. The standard InChI is InChI=1S/C34H28N4O3/c1-21-15-17-22(18-16-21)20-35-32(39)25-12-6-8-14-28(25)38-33(40)29-19-26-24-11-5-7-13-27(24)36-30(26)31(37(29)34(38)41)23-9-3-2-4-10-23/h2-18,29,31,36H,19-20H2,1H3,(H,35,39). The maximum absolute atomic E-state index is 14.2. The van der Waals surface area contributed by atoms with Crippen molar-refractivity contribution in [3.05, 3.63) is 137 Å². The van der Waals surface area contributed by atoms with Crippen molar-refractivity contribution in [1.29, 1.82) is 0 Å². The molecule has 7 heteroatoms. The summed E-state index contributed by atoms with van der Waals surface area (Å²) in [5.41, 5.74) is 6.53. The minimum absolute atomic E-state index is 0.279. The Morgan fingerprint density at radius 2 is 1.59 bits per heavy atom. The SMILES string of the molecule is Cc1ccc(CNC(=O)c2ccccc2N2C(=O)C3Cc4c([nH]c5ccccc45)C(c4ccccc4)N3C2=O)cc1. The summed E-state index contributed by atoms with van der Waals surface area (Å²) in [6, 6.07) is 30.9. The molecule has 2 atom stereocenters. The number of hydrogen-bond donors (Lipinski definition) is 2. The summed E-state index contributed by atoms with van der Waals surface area (Å²) in [5.74, 6) is -0.673. The quantitative estimate of drug-likeness (QED) is 0.273. The van der Waals surface area contributed by atoms with Gasteiger partial charge in [-0.3, -0.25) is 14.5 Å². The van der Waals surface area contributed by atoms with Crippen molar-refractivity contribution in [1.82, 2.24) is 15.2 Å². The van der Waals surface area contributed by atoms with Gasteiger partial charge in [0.1, 0.15) is 12.1 Å². The van der Waals surface area contributed by atoms with Gasteiger partial charge in [0.05, 0.1) is 11.3 Å². The predicted molar refractivity (Wildman–Crippen MR) is 158 cm³/mol. The van der Waals surface area contributed by atoms with Gasteiger partial charge in [-0.2, -0.15) is 0 Å². The Morgan fingerprint density at radius 3 is 2.39 bits per heavy atom. The van der Waals surface area contributed by atoms with Crippen LogP contribution in [0.5, 0.6) is 0 Å². The van der Waals surface area contributed by atoms with Gasteiger partial charge in [0.15, 0.2) is 0 Å². The summed E-state index contributed by atoms with van der Waals surface area (Å²) in [6.07, 6.45) is 0.394. The number of aryl methyl sites for hydroxylation is 1. The normalized spacial score (nSPS) is 18.0. The summed E-state index contributed by atoms with van der Waals surface area (Å²) in [4.78, 5) is 48.1. The second kappa shape index (κ2) is 9.78. The lowest BCUT2D eigenvalue weighted by molar-refractivity contribution is -0.120. The van der Waals surface area contributed by atoms with Crippen LogP contribution in [0.15, 0.2) is 103 Å². The van der Waals surface area contributed by atoms with E-state index in [1.54, 1.807) is 29.2 Å². The Morgan fingerprint density at radius 1 is 0.878 bits per heavy atom. The maximum atomic E-state index is 14.2. The molecule has 2 aliphatic rings. The minimum atomic E-state index is -0.692. The van der Waals surface area contributed by atoms with E-state index >= 15 is 0 Å². The molecule has 1 fully saturated rings. The van der Waals surface area contributed by atoms with Crippen molar-refractivity contribution in [2.24, 2.45) is 0 Å². The van der Waals surface area contributed by atoms with E-state index in [4.69, 9.17) is 0 Å². The number of rotatable bonds is 5. The molecule has 1 aromatic heterocycles. The van der Waals surface area contributed by atoms with Gasteiger partial charge in [-0.15, -0.1) is 0 Å². The molecule has 202 valence electrons. The van der Waals surface area contributed by atoms with Crippen LogP contribution in [0.1, 0.15) is 44.3 Å². The third-order valence-electron chi connectivity index (χ3n) is 8.13. The number of imide groups is 1. The molecule has 3 heterocycles. The van der Waals surface area contributed by atoms with Crippen LogP contribution in [-0.2, 0) is 17.8 Å². The lowest BCUT2D eigenvalue weighted by Gasteiger charge is -2.36. The smallest absolute Gasteiger partial charge is 0.332 e. The number of benzene rings is 4. The molecule has 2 N–H and O–H groups in total. The molecule has 7 nitrogen and oxygen atoms in total. The van der Waals surface area contributed by atoms with Gasteiger partial charge in [0, 0.05) is 29.6 Å². The molecular formula is C34H28N4O3. The van der Waals surface area contributed by atoms with Gasteiger partial charge < -0.3 is 10.3 Å². The number of aromatic nitrogens is 1. The van der Waals surface area contributed by atoms with Crippen LogP contribution in [0.4, 0.5) is 10.5 Å². The largest absolute Gasteiger partial charge is 0.356 e. The first-order valence-corrected chi connectivity index (χ1v) is 13.7. The monoisotopic (exact) mass is 540 g/mol. The van der Waals surface area contributed by atoms with Crippen LogP contribution >= 0.6 is 0 Å². The van der Waals surface area contributed by atoms with Gasteiger partial charge in [-0.05, 0) is 41.8 Å². The number of H-pyrrole nitrogens is 1. The van der Waals surface area contributed by atoms with E-state index in [9.17, 15) is 14.4 Å². The lowest BCUT2D eigenvalue weighted by Crippen LogP contribution is -2.44. The number of hydrogen-bond acceptors (Lipinski definition) is 3. The number of nitrogens with one attached hydrogen (secondary N) is 2. The molecule has 41 heavy (non-hydrogen) atoms. The Balaban J connectivity index is 1.26. The molecule has 4 aromatic carbocycles. The zero-order chi connectivity index (χ0) is 28.1. The van der Waals surface area contributed by atoms with Crippen molar-refractivity contribution in [2.45, 2.75) is 32.0 Å². The minimum Gasteiger partial charge on any atom is -0.356 e. The highest BCUT2D eigenvalue weighted by Crippen LogP contribution is 2.45. The fourth-order valence-corrected chi connectivity index (χ4v) is 6.12. The number of para-hydroxylation sites is 2. The van der Waals surface area contributed by atoms with E-state index in [1.807, 2.05) is 79.7 Å². The molecule has 0 spiro atoms. The Bertz CT molecular complexity index is 1810. The van der Waals surface area contributed by atoms with Gasteiger partial charge >= 0.3 is 6.03 Å². The topological polar surface area (TPSA) is 85.5 Å². The first-order valence-electron chi connectivity index (χ1n) is 13.7. The Hall–Kier alpha value is -5.17. The molecule has 1 saturated heterocycles. The number of anilines is 1. The van der Waals surface area contributed by atoms with Crippen molar-refractivity contribution in [3.8, 4) is 0 Å². The number of amides is 4. The highest BCUT2D eigenvalue weighted by atomic mass is 16.2. The van der Waals surface area contributed by atoms with E-state index in [0.29, 0.717) is 18.7 Å². The first kappa shape index (κ1) is 24.8. The highest BCUT2D eigenvalue weighted by Gasteiger charge is 2.53. The fourth-order valence-electron chi connectivity index (χ4n) is 6.12. The molecule has 0 aliphatic carbocycles. The molecule has 2 unspecified atom stereocenters. The number of fused-ring (bicyclic) bond motifs is 4.